The summed E-state index contributed by atoms with van der Waals surface area (Å²) >= 11 is 0. The second kappa shape index (κ2) is 13.2. The van der Waals surface area contributed by atoms with Crippen LogP contribution in [0.1, 0.15) is 0 Å². The largest absolute Gasteiger partial charge is 0.456 e. The van der Waals surface area contributed by atoms with E-state index in [1.165, 1.54) is 60.1 Å². The first-order valence-electron chi connectivity index (χ1n) is 19.2. The summed E-state index contributed by atoms with van der Waals surface area (Å²) in [5, 5.41) is 9.55. The normalized spacial score (nSPS) is 11.6. The van der Waals surface area contributed by atoms with Crippen LogP contribution >= 0.6 is 0 Å². The number of hydrogen-bond acceptors (Lipinski definition) is 2. The topological polar surface area (TPSA) is 16.4 Å². The molecule has 0 bridgehead atoms. The predicted molar refractivity (Wildman–Crippen MR) is 237 cm³/mol. The Labute approximate surface area is 325 Å². The van der Waals surface area contributed by atoms with E-state index in [4.69, 9.17) is 4.42 Å². The summed E-state index contributed by atoms with van der Waals surface area (Å²) in [7, 11) is 0. The monoisotopic (exact) mass is 713 g/mol. The quantitative estimate of drug-likeness (QED) is 0.160. The number of benzene rings is 10. The third-order valence-corrected chi connectivity index (χ3v) is 11.2. The first-order valence-corrected chi connectivity index (χ1v) is 19.2. The number of hydrogen-bond donors (Lipinski definition) is 0. The average molecular weight is 714 g/mol. The Kier molecular flexibility index (Phi) is 7.53. The first kappa shape index (κ1) is 32.0. The third-order valence-electron chi connectivity index (χ3n) is 11.2. The molecule has 0 radical (unpaired) electrons. The summed E-state index contributed by atoms with van der Waals surface area (Å²) < 4.78 is 6.48. The van der Waals surface area contributed by atoms with E-state index in [1.54, 1.807) is 0 Å². The highest BCUT2D eigenvalue weighted by atomic mass is 16.3. The van der Waals surface area contributed by atoms with Crippen LogP contribution in [0.2, 0.25) is 0 Å². The molecule has 0 fully saturated rings. The molecule has 0 aliphatic rings. The maximum atomic E-state index is 6.48. The second-order valence-electron chi connectivity index (χ2n) is 14.5. The van der Waals surface area contributed by atoms with Crippen molar-refractivity contribution >= 4 is 71.3 Å². The molecule has 0 saturated carbocycles. The van der Waals surface area contributed by atoms with Gasteiger partial charge in [-0.1, -0.05) is 164 Å². The van der Waals surface area contributed by atoms with Crippen LogP contribution in [-0.4, -0.2) is 0 Å². The van der Waals surface area contributed by atoms with Gasteiger partial charge in [-0.3, -0.25) is 0 Å². The molecule has 0 aliphatic heterocycles. The molecule has 2 nitrogen and oxygen atoms in total. The Balaban J connectivity index is 1.22. The molecule has 0 unspecified atom stereocenters. The minimum atomic E-state index is 0.863. The van der Waals surface area contributed by atoms with Crippen LogP contribution in [0.15, 0.2) is 217 Å². The molecule has 11 rings (SSSR count). The van der Waals surface area contributed by atoms with Gasteiger partial charge in [0.25, 0.3) is 0 Å². The second-order valence-corrected chi connectivity index (χ2v) is 14.5. The van der Waals surface area contributed by atoms with Gasteiger partial charge in [0, 0.05) is 16.8 Å². The molecule has 11 aromatic rings. The van der Waals surface area contributed by atoms with E-state index in [2.05, 4.69) is 211 Å². The molecule has 1 heterocycles. The van der Waals surface area contributed by atoms with E-state index in [0.717, 1.165) is 44.6 Å². The Bertz CT molecular complexity index is 3250. The van der Waals surface area contributed by atoms with Gasteiger partial charge in [0.15, 0.2) is 0 Å². The third kappa shape index (κ3) is 5.26. The van der Waals surface area contributed by atoms with Gasteiger partial charge in [-0.15, -0.1) is 0 Å². The molecular weight excluding hydrogens is 679 g/mol. The van der Waals surface area contributed by atoms with Crippen LogP contribution in [0.3, 0.4) is 0 Å². The van der Waals surface area contributed by atoms with E-state index in [-0.39, 0.29) is 0 Å². The van der Waals surface area contributed by atoms with Crippen LogP contribution in [0.4, 0.5) is 17.1 Å². The summed E-state index contributed by atoms with van der Waals surface area (Å²) in [6.45, 7) is 0. The van der Waals surface area contributed by atoms with E-state index in [0.29, 0.717) is 0 Å². The van der Waals surface area contributed by atoms with Crippen LogP contribution in [0.25, 0.3) is 87.6 Å². The molecule has 2 heteroatoms. The summed E-state index contributed by atoms with van der Waals surface area (Å²) in [4.78, 5) is 2.42. The van der Waals surface area contributed by atoms with Crippen molar-refractivity contribution in [2.45, 2.75) is 0 Å². The zero-order chi connectivity index (χ0) is 37.0. The van der Waals surface area contributed by atoms with Crippen molar-refractivity contribution in [1.29, 1.82) is 0 Å². The van der Waals surface area contributed by atoms with E-state index in [9.17, 15) is 0 Å². The van der Waals surface area contributed by atoms with Crippen molar-refractivity contribution < 1.29 is 4.42 Å². The number of anilines is 3. The van der Waals surface area contributed by atoms with Crippen LogP contribution in [0, 0.1) is 0 Å². The van der Waals surface area contributed by atoms with Gasteiger partial charge < -0.3 is 9.32 Å². The minimum Gasteiger partial charge on any atom is -0.456 e. The lowest BCUT2D eigenvalue weighted by atomic mass is 9.85. The molecule has 0 N–H and O–H groups in total. The summed E-state index contributed by atoms with van der Waals surface area (Å²) in [6, 6.07) is 76.6. The summed E-state index contributed by atoms with van der Waals surface area (Å²) in [5.74, 6) is 0. The highest BCUT2D eigenvalue weighted by Gasteiger charge is 2.23. The Morgan fingerprint density at radius 3 is 1.68 bits per heavy atom. The van der Waals surface area contributed by atoms with Crippen molar-refractivity contribution in [2.75, 3.05) is 4.90 Å². The Morgan fingerprint density at radius 1 is 0.304 bits per heavy atom. The molecule has 0 saturated heterocycles. The standard InChI is InChI=1S/C54H35NO/c1-3-16-37(17-4-1)52-46-24-10-9-23-44(46)45-32-31-43(35-48(45)53(52)38-18-5-2-6-19-38)55(49-26-14-28-51-54(49)47-25-11-12-27-50(47)56-51)42-22-13-21-40(34-42)41-30-29-36-15-7-8-20-39(36)33-41/h1-35H. The lowest BCUT2D eigenvalue weighted by Gasteiger charge is -2.28. The molecule has 1 aromatic heterocycles. The van der Waals surface area contributed by atoms with Gasteiger partial charge in [0.1, 0.15) is 11.2 Å². The smallest absolute Gasteiger partial charge is 0.137 e. The molecule has 0 aliphatic carbocycles. The number of nitrogens with zero attached hydrogens (tertiary/aromatic N) is 1. The van der Waals surface area contributed by atoms with Crippen LogP contribution in [0.5, 0.6) is 0 Å². The van der Waals surface area contributed by atoms with Gasteiger partial charge in [-0.25, -0.2) is 0 Å². The fraction of sp³-hybridized carbons (Fsp3) is 0. The van der Waals surface area contributed by atoms with E-state index >= 15 is 0 Å². The molecule has 262 valence electrons. The Morgan fingerprint density at radius 2 is 0.875 bits per heavy atom. The van der Waals surface area contributed by atoms with Gasteiger partial charge in [-0.05, 0) is 114 Å². The SMILES string of the molecule is c1ccc(-c2c(-c3ccccc3)c3cc(N(c4cccc(-c5ccc6ccccc6c5)c4)c4cccc5oc6ccccc6c45)ccc3c3ccccc23)cc1. The lowest BCUT2D eigenvalue weighted by Crippen LogP contribution is -2.10. The van der Waals surface area contributed by atoms with Crippen molar-refractivity contribution in [1.82, 2.24) is 0 Å². The lowest BCUT2D eigenvalue weighted by molar-refractivity contribution is 0.669. The zero-order valence-corrected chi connectivity index (χ0v) is 30.6. The first-order chi connectivity index (χ1) is 27.8. The van der Waals surface area contributed by atoms with Crippen LogP contribution < -0.4 is 4.90 Å². The van der Waals surface area contributed by atoms with Gasteiger partial charge >= 0.3 is 0 Å². The highest BCUT2D eigenvalue weighted by Crippen LogP contribution is 2.48. The number of rotatable bonds is 6. The number of furan rings is 1. The van der Waals surface area contributed by atoms with Crippen molar-refractivity contribution in [3.05, 3.63) is 212 Å². The number of fused-ring (bicyclic) bond motifs is 7. The van der Waals surface area contributed by atoms with Gasteiger partial charge in [0.2, 0.25) is 0 Å². The van der Waals surface area contributed by atoms with Crippen molar-refractivity contribution in [3.63, 3.8) is 0 Å². The van der Waals surface area contributed by atoms with Crippen LogP contribution in [-0.2, 0) is 0 Å². The average Bonchev–Trinajstić information content (AvgIpc) is 3.66. The molecule has 0 amide bonds. The fourth-order valence-electron chi connectivity index (χ4n) is 8.69. The molecule has 0 atom stereocenters. The molecule has 56 heavy (non-hydrogen) atoms. The zero-order valence-electron chi connectivity index (χ0n) is 30.6. The van der Waals surface area contributed by atoms with Crippen molar-refractivity contribution in [2.24, 2.45) is 0 Å². The molecule has 0 spiro atoms. The fourth-order valence-corrected chi connectivity index (χ4v) is 8.69. The summed E-state index contributed by atoms with van der Waals surface area (Å²) in [6.07, 6.45) is 0. The minimum absolute atomic E-state index is 0.863. The summed E-state index contributed by atoms with van der Waals surface area (Å²) in [5.41, 5.74) is 12.1. The van der Waals surface area contributed by atoms with E-state index in [1.807, 2.05) is 6.07 Å². The van der Waals surface area contributed by atoms with E-state index < -0.39 is 0 Å². The maximum Gasteiger partial charge on any atom is 0.137 e. The maximum absolute atomic E-state index is 6.48. The molecule has 10 aromatic carbocycles. The Hall–Kier alpha value is -7.42. The van der Waals surface area contributed by atoms with Crippen molar-refractivity contribution in [3.8, 4) is 33.4 Å². The number of para-hydroxylation sites is 1. The van der Waals surface area contributed by atoms with Gasteiger partial charge in [-0.2, -0.15) is 0 Å². The highest BCUT2D eigenvalue weighted by molar-refractivity contribution is 6.22. The predicted octanol–water partition coefficient (Wildman–Crippen LogP) is 15.5. The molecular formula is C54H35NO. The van der Waals surface area contributed by atoms with Gasteiger partial charge in [0.05, 0.1) is 11.1 Å².